The van der Waals surface area contributed by atoms with Gasteiger partial charge in [0.1, 0.15) is 5.60 Å². The average Bonchev–Trinajstić information content (AvgIpc) is 3.12. The highest BCUT2D eigenvalue weighted by Gasteiger charge is 2.30. The molecule has 5 heteroatoms. The Hall–Kier alpha value is -0.810. The molecule has 1 amide bonds. The molecule has 1 rings (SSSR count). The zero-order valence-electron chi connectivity index (χ0n) is 15.5. The van der Waals surface area contributed by atoms with Gasteiger partial charge in [0.05, 0.1) is 0 Å². The Morgan fingerprint density at radius 1 is 1.09 bits per heavy atom. The smallest absolute Gasteiger partial charge is 0.410 e. The van der Waals surface area contributed by atoms with Crippen molar-refractivity contribution < 1.29 is 9.53 Å². The van der Waals surface area contributed by atoms with Crippen LogP contribution in [-0.2, 0) is 4.74 Å². The van der Waals surface area contributed by atoms with Gasteiger partial charge < -0.3 is 19.9 Å². The van der Waals surface area contributed by atoms with E-state index in [-0.39, 0.29) is 11.6 Å². The molecule has 0 spiro atoms. The first-order valence-electron chi connectivity index (χ1n) is 8.42. The highest BCUT2D eigenvalue weighted by atomic mass is 16.6. The molecule has 1 saturated carbocycles. The Labute approximate surface area is 136 Å². The number of likely N-dealkylation sites (N-methyl/N-ethyl adjacent to an activating group) is 1. The minimum atomic E-state index is -0.457. The zero-order valence-corrected chi connectivity index (χ0v) is 15.5. The molecule has 22 heavy (non-hydrogen) atoms. The largest absolute Gasteiger partial charge is 0.444 e. The third-order valence-electron chi connectivity index (χ3n) is 3.75. The summed E-state index contributed by atoms with van der Waals surface area (Å²) in [4.78, 5) is 16.5. The summed E-state index contributed by atoms with van der Waals surface area (Å²) in [5, 5.41) is 3.43. The predicted molar refractivity (Wildman–Crippen MR) is 91.2 cm³/mol. The highest BCUT2D eigenvalue weighted by Crippen LogP contribution is 2.24. The molecule has 0 bridgehead atoms. The van der Waals surface area contributed by atoms with Crippen LogP contribution in [0.25, 0.3) is 0 Å². The van der Waals surface area contributed by atoms with Crippen LogP contribution >= 0.6 is 0 Å². The van der Waals surface area contributed by atoms with Crippen molar-refractivity contribution in [3.63, 3.8) is 0 Å². The molecule has 1 N–H and O–H groups in total. The normalized spacial score (nSPS) is 16.0. The Morgan fingerprint density at radius 2 is 1.64 bits per heavy atom. The molecule has 0 atom stereocenters. The summed E-state index contributed by atoms with van der Waals surface area (Å²) >= 11 is 0. The van der Waals surface area contributed by atoms with Gasteiger partial charge in [-0.3, -0.25) is 0 Å². The van der Waals surface area contributed by atoms with Crippen LogP contribution < -0.4 is 5.32 Å². The van der Waals surface area contributed by atoms with Crippen LogP contribution in [0.5, 0.6) is 0 Å². The van der Waals surface area contributed by atoms with Gasteiger partial charge in [0.2, 0.25) is 0 Å². The van der Waals surface area contributed by atoms with Crippen LogP contribution in [0.3, 0.4) is 0 Å². The van der Waals surface area contributed by atoms with Crippen LogP contribution in [-0.4, -0.2) is 66.3 Å². The third-order valence-corrected chi connectivity index (χ3v) is 3.75. The predicted octanol–water partition coefficient (Wildman–Crippen LogP) is 2.71. The molecule has 1 aliphatic rings. The van der Waals surface area contributed by atoms with Crippen molar-refractivity contribution in [2.75, 3.05) is 33.2 Å². The molecule has 0 aromatic carbocycles. The van der Waals surface area contributed by atoms with Crippen LogP contribution in [0.15, 0.2) is 0 Å². The Bertz CT molecular complexity index is 354. The van der Waals surface area contributed by atoms with E-state index in [4.69, 9.17) is 4.74 Å². The maximum absolute atomic E-state index is 12.3. The molecule has 5 nitrogen and oxygen atoms in total. The van der Waals surface area contributed by atoms with Crippen molar-refractivity contribution in [2.24, 2.45) is 0 Å². The van der Waals surface area contributed by atoms with Crippen molar-refractivity contribution in [3.05, 3.63) is 0 Å². The molecule has 0 saturated heterocycles. The minimum Gasteiger partial charge on any atom is -0.444 e. The monoisotopic (exact) mass is 313 g/mol. The first-order chi connectivity index (χ1) is 10.0. The van der Waals surface area contributed by atoms with Crippen molar-refractivity contribution in [2.45, 2.75) is 71.6 Å². The summed E-state index contributed by atoms with van der Waals surface area (Å²) in [6.07, 6.45) is 2.44. The van der Waals surface area contributed by atoms with Gasteiger partial charge in [0, 0.05) is 37.8 Å². The second kappa shape index (κ2) is 7.64. The summed E-state index contributed by atoms with van der Waals surface area (Å²) < 4.78 is 5.51. The van der Waals surface area contributed by atoms with E-state index in [1.54, 1.807) is 4.90 Å². The fourth-order valence-corrected chi connectivity index (χ4v) is 2.29. The summed E-state index contributed by atoms with van der Waals surface area (Å²) in [5.41, 5.74) is -0.699. The SMILES string of the molecule is CN(CCNCCN(C(=O)OC(C)(C)C)C(C)(C)C)C1CC1. The summed E-state index contributed by atoms with van der Waals surface area (Å²) in [6.45, 7) is 15.3. The topological polar surface area (TPSA) is 44.8 Å². The van der Waals surface area contributed by atoms with E-state index in [1.165, 1.54) is 12.8 Å². The van der Waals surface area contributed by atoms with Crippen molar-refractivity contribution in [1.29, 1.82) is 0 Å². The van der Waals surface area contributed by atoms with Crippen LogP contribution in [0.4, 0.5) is 4.79 Å². The summed E-state index contributed by atoms with van der Waals surface area (Å²) in [6, 6.07) is 0.801. The minimum absolute atomic E-state index is 0.239. The molecule has 1 fully saturated rings. The van der Waals surface area contributed by atoms with Gasteiger partial charge in [0.25, 0.3) is 0 Å². The molecule has 0 unspecified atom stereocenters. The lowest BCUT2D eigenvalue weighted by Crippen LogP contribution is -2.50. The van der Waals surface area contributed by atoms with Gasteiger partial charge in [-0.25, -0.2) is 4.79 Å². The number of rotatable bonds is 7. The van der Waals surface area contributed by atoms with Crippen molar-refractivity contribution in [1.82, 2.24) is 15.1 Å². The lowest BCUT2D eigenvalue weighted by atomic mass is 10.1. The standard InChI is InChI=1S/C17H35N3O2/c1-16(2,3)20(15(21)22-17(4,5)6)13-11-18-10-12-19(7)14-8-9-14/h14,18H,8-13H2,1-7H3. The second-order valence-electron chi connectivity index (χ2n) is 8.26. The molecule has 1 aliphatic carbocycles. The fourth-order valence-electron chi connectivity index (χ4n) is 2.29. The Kier molecular flexibility index (Phi) is 6.68. The summed E-state index contributed by atoms with van der Waals surface area (Å²) in [7, 11) is 2.18. The molecule has 0 heterocycles. The molecule has 0 radical (unpaired) electrons. The van der Waals surface area contributed by atoms with E-state index in [2.05, 4.69) is 17.3 Å². The van der Waals surface area contributed by atoms with Gasteiger partial charge in [-0.2, -0.15) is 0 Å². The number of carbonyl (C=O) groups excluding carboxylic acids is 1. The molecule has 130 valence electrons. The third kappa shape index (κ3) is 7.45. The molecule has 0 aliphatic heterocycles. The number of amides is 1. The van der Waals surface area contributed by atoms with Gasteiger partial charge in [0.15, 0.2) is 0 Å². The number of ether oxygens (including phenoxy) is 1. The average molecular weight is 313 g/mol. The van der Waals surface area contributed by atoms with Gasteiger partial charge in [-0.1, -0.05) is 0 Å². The lowest BCUT2D eigenvalue weighted by Gasteiger charge is -2.37. The van der Waals surface area contributed by atoms with Crippen LogP contribution in [0, 0.1) is 0 Å². The van der Waals surface area contributed by atoms with Gasteiger partial charge >= 0.3 is 6.09 Å². The fraction of sp³-hybridized carbons (Fsp3) is 0.941. The quantitative estimate of drug-likeness (QED) is 0.734. The van der Waals surface area contributed by atoms with Crippen LogP contribution in [0.1, 0.15) is 54.4 Å². The van der Waals surface area contributed by atoms with Crippen molar-refractivity contribution in [3.8, 4) is 0 Å². The van der Waals surface area contributed by atoms with Gasteiger partial charge in [-0.15, -0.1) is 0 Å². The van der Waals surface area contributed by atoms with E-state index < -0.39 is 5.60 Å². The molecule has 0 aromatic heterocycles. The van der Waals surface area contributed by atoms with Crippen molar-refractivity contribution >= 4 is 6.09 Å². The maximum Gasteiger partial charge on any atom is 0.410 e. The lowest BCUT2D eigenvalue weighted by molar-refractivity contribution is 0.00663. The number of carbonyl (C=O) groups is 1. The summed E-state index contributed by atoms with van der Waals surface area (Å²) in [5.74, 6) is 0. The molecular formula is C17H35N3O2. The Morgan fingerprint density at radius 3 is 2.09 bits per heavy atom. The van der Waals surface area contributed by atoms with E-state index in [0.29, 0.717) is 6.54 Å². The van der Waals surface area contributed by atoms with E-state index in [0.717, 1.165) is 25.7 Å². The van der Waals surface area contributed by atoms with E-state index >= 15 is 0 Å². The van der Waals surface area contributed by atoms with Gasteiger partial charge in [-0.05, 0) is 61.4 Å². The number of nitrogens with zero attached hydrogens (tertiary/aromatic N) is 2. The van der Waals surface area contributed by atoms with E-state index in [9.17, 15) is 4.79 Å². The number of hydrogen-bond acceptors (Lipinski definition) is 4. The first kappa shape index (κ1) is 19.2. The van der Waals surface area contributed by atoms with Crippen LogP contribution in [0.2, 0.25) is 0 Å². The molecular weight excluding hydrogens is 278 g/mol. The Balaban J connectivity index is 2.33. The number of hydrogen-bond donors (Lipinski definition) is 1. The second-order valence-corrected chi connectivity index (χ2v) is 8.26. The van der Waals surface area contributed by atoms with E-state index in [1.807, 2.05) is 41.5 Å². The zero-order chi connectivity index (χ0) is 17.0. The molecule has 0 aromatic rings. The number of nitrogens with one attached hydrogen (secondary N) is 1. The maximum atomic E-state index is 12.3. The highest BCUT2D eigenvalue weighted by molar-refractivity contribution is 5.69. The first-order valence-corrected chi connectivity index (χ1v) is 8.42.